The molecule has 3 heterocycles. The van der Waals surface area contributed by atoms with Gasteiger partial charge in [0.25, 0.3) is 5.91 Å². The number of benzene rings is 1. The summed E-state index contributed by atoms with van der Waals surface area (Å²) in [7, 11) is 0. The van der Waals surface area contributed by atoms with Crippen molar-refractivity contribution in [3.8, 4) is 11.3 Å². The number of carbonyl (C=O) groups excluding carboxylic acids is 1. The minimum Gasteiger partial charge on any atom is -0.451 e. The number of rotatable bonds is 3. The Hall–Kier alpha value is -2.27. The number of fused-ring (bicyclic) bond motifs is 2. The van der Waals surface area contributed by atoms with E-state index in [1.165, 1.54) is 6.42 Å². The first-order valence-corrected chi connectivity index (χ1v) is 7.72. The Morgan fingerprint density at radius 1 is 1.18 bits per heavy atom. The largest absolute Gasteiger partial charge is 0.451 e. The molecule has 2 bridgehead atoms. The van der Waals surface area contributed by atoms with Crippen LogP contribution in [0.25, 0.3) is 11.3 Å². The highest BCUT2D eigenvalue weighted by Gasteiger charge is 2.39. The molecule has 2 aliphatic heterocycles. The average molecular weight is 297 g/mol. The molecule has 5 nitrogen and oxygen atoms in total. The van der Waals surface area contributed by atoms with Crippen LogP contribution in [0.15, 0.2) is 40.8 Å². The first kappa shape index (κ1) is 13.4. The van der Waals surface area contributed by atoms with Crippen LogP contribution in [-0.4, -0.2) is 24.0 Å². The van der Waals surface area contributed by atoms with Crippen LogP contribution < -0.4 is 16.4 Å². The van der Waals surface area contributed by atoms with Crippen LogP contribution in [0.1, 0.15) is 29.8 Å². The van der Waals surface area contributed by atoms with Crippen molar-refractivity contribution in [2.75, 3.05) is 5.73 Å². The normalized spacial score (nSPS) is 26.3. The summed E-state index contributed by atoms with van der Waals surface area (Å²) in [5.74, 6) is 0.895. The van der Waals surface area contributed by atoms with Gasteiger partial charge in [-0.15, -0.1) is 0 Å². The lowest BCUT2D eigenvalue weighted by atomic mass is 9.95. The Morgan fingerprint density at radius 3 is 2.68 bits per heavy atom. The molecule has 3 atom stereocenters. The Morgan fingerprint density at radius 2 is 2.00 bits per heavy atom. The van der Waals surface area contributed by atoms with Crippen LogP contribution >= 0.6 is 0 Å². The molecule has 0 radical (unpaired) electrons. The number of hydrogen-bond donors (Lipinski definition) is 3. The molecule has 2 saturated heterocycles. The summed E-state index contributed by atoms with van der Waals surface area (Å²) in [4.78, 5) is 12.3. The van der Waals surface area contributed by atoms with Gasteiger partial charge < -0.3 is 20.8 Å². The van der Waals surface area contributed by atoms with E-state index in [0.29, 0.717) is 29.3 Å². The Kier molecular flexibility index (Phi) is 3.15. The first-order chi connectivity index (χ1) is 10.7. The van der Waals surface area contributed by atoms with Gasteiger partial charge >= 0.3 is 0 Å². The van der Waals surface area contributed by atoms with Gasteiger partial charge in [0, 0.05) is 29.4 Å². The molecule has 1 aromatic heterocycles. The maximum atomic E-state index is 12.3. The minimum absolute atomic E-state index is 0.138. The minimum atomic E-state index is -0.138. The topological polar surface area (TPSA) is 80.3 Å². The van der Waals surface area contributed by atoms with E-state index in [1.54, 1.807) is 6.07 Å². The van der Waals surface area contributed by atoms with Crippen LogP contribution in [0.5, 0.6) is 0 Å². The van der Waals surface area contributed by atoms with E-state index in [1.807, 2.05) is 30.3 Å². The summed E-state index contributed by atoms with van der Waals surface area (Å²) in [6, 6.07) is 12.2. The lowest BCUT2D eigenvalue weighted by molar-refractivity contribution is 0.0903. The summed E-state index contributed by atoms with van der Waals surface area (Å²) < 4.78 is 5.69. The summed E-state index contributed by atoms with van der Waals surface area (Å²) in [6.07, 6.45) is 3.38. The van der Waals surface area contributed by atoms with Gasteiger partial charge in [-0.1, -0.05) is 0 Å². The van der Waals surface area contributed by atoms with Crippen LogP contribution in [0.2, 0.25) is 0 Å². The maximum Gasteiger partial charge on any atom is 0.287 e. The Bertz CT molecular complexity index is 692. The first-order valence-electron chi connectivity index (χ1n) is 7.72. The molecule has 2 aliphatic rings. The average Bonchev–Trinajstić information content (AvgIpc) is 3.24. The molecule has 22 heavy (non-hydrogen) atoms. The Labute approximate surface area is 128 Å². The fraction of sp³-hybridized carbons (Fsp3) is 0.353. The summed E-state index contributed by atoms with van der Waals surface area (Å²) in [5.41, 5.74) is 7.30. The van der Waals surface area contributed by atoms with Gasteiger partial charge in [0.2, 0.25) is 0 Å². The number of amides is 1. The van der Waals surface area contributed by atoms with Gasteiger partial charge in [0.15, 0.2) is 5.76 Å². The van der Waals surface area contributed by atoms with Gasteiger partial charge in [-0.2, -0.15) is 0 Å². The van der Waals surface area contributed by atoms with Crippen molar-refractivity contribution >= 4 is 11.6 Å². The van der Waals surface area contributed by atoms with Gasteiger partial charge in [0.05, 0.1) is 0 Å². The molecule has 1 amide bonds. The number of nitrogen functional groups attached to an aromatic ring is 1. The van der Waals surface area contributed by atoms with Crippen LogP contribution in [0.4, 0.5) is 5.69 Å². The van der Waals surface area contributed by atoms with Crippen molar-refractivity contribution < 1.29 is 9.21 Å². The van der Waals surface area contributed by atoms with E-state index in [-0.39, 0.29) is 11.9 Å². The second-order valence-electron chi connectivity index (χ2n) is 6.15. The van der Waals surface area contributed by atoms with Crippen LogP contribution in [0.3, 0.4) is 0 Å². The van der Waals surface area contributed by atoms with Crippen molar-refractivity contribution in [1.82, 2.24) is 10.6 Å². The lowest BCUT2D eigenvalue weighted by Crippen LogP contribution is -2.42. The molecular weight excluding hydrogens is 278 g/mol. The van der Waals surface area contributed by atoms with Gasteiger partial charge in [-0.25, -0.2) is 0 Å². The third kappa shape index (κ3) is 2.37. The highest BCUT2D eigenvalue weighted by atomic mass is 16.3. The predicted molar refractivity (Wildman–Crippen MR) is 84.4 cm³/mol. The summed E-state index contributed by atoms with van der Waals surface area (Å²) in [5, 5.41) is 6.60. The molecule has 0 spiro atoms. The predicted octanol–water partition coefficient (Wildman–Crippen LogP) is 2.15. The molecule has 114 valence electrons. The molecule has 4 rings (SSSR count). The SMILES string of the molecule is Nc1ccc(-c2ccc(C(=O)N[C@@H]3CC4CCC3N4)o2)cc1. The lowest BCUT2D eigenvalue weighted by Gasteiger charge is -2.20. The fourth-order valence-electron chi connectivity index (χ4n) is 3.49. The number of anilines is 1. The van der Waals surface area contributed by atoms with Gasteiger partial charge in [0.1, 0.15) is 5.76 Å². The van der Waals surface area contributed by atoms with E-state index >= 15 is 0 Å². The number of nitrogens with two attached hydrogens (primary N) is 1. The van der Waals surface area contributed by atoms with Crippen molar-refractivity contribution in [2.24, 2.45) is 0 Å². The van der Waals surface area contributed by atoms with E-state index in [0.717, 1.165) is 18.4 Å². The highest BCUT2D eigenvalue weighted by Crippen LogP contribution is 2.29. The third-order valence-corrected chi connectivity index (χ3v) is 4.64. The van der Waals surface area contributed by atoms with Crippen molar-refractivity contribution in [3.05, 3.63) is 42.2 Å². The smallest absolute Gasteiger partial charge is 0.287 e. The second-order valence-corrected chi connectivity index (χ2v) is 6.15. The number of furan rings is 1. The van der Waals surface area contributed by atoms with Crippen LogP contribution in [-0.2, 0) is 0 Å². The molecule has 2 fully saturated rings. The highest BCUT2D eigenvalue weighted by molar-refractivity contribution is 5.92. The standard InChI is InChI=1S/C17H19N3O2/c18-11-3-1-10(2-4-11)15-7-8-16(22-15)17(21)20-14-9-12-5-6-13(14)19-12/h1-4,7-8,12-14,19H,5-6,9,18H2,(H,20,21)/t12?,13?,14-/m1/s1. The zero-order valence-electron chi connectivity index (χ0n) is 12.2. The molecule has 4 N–H and O–H groups in total. The molecular formula is C17H19N3O2. The quantitative estimate of drug-likeness (QED) is 0.758. The number of carbonyl (C=O) groups is 1. The van der Waals surface area contributed by atoms with E-state index in [9.17, 15) is 4.79 Å². The van der Waals surface area contributed by atoms with Crippen LogP contribution in [0, 0.1) is 0 Å². The van der Waals surface area contributed by atoms with E-state index in [4.69, 9.17) is 10.2 Å². The fourth-order valence-corrected chi connectivity index (χ4v) is 3.49. The monoisotopic (exact) mass is 297 g/mol. The summed E-state index contributed by atoms with van der Waals surface area (Å²) >= 11 is 0. The van der Waals surface area contributed by atoms with Gasteiger partial charge in [-0.05, 0) is 55.7 Å². The summed E-state index contributed by atoms with van der Waals surface area (Å²) in [6.45, 7) is 0. The molecule has 1 aromatic carbocycles. The molecule has 2 aromatic rings. The number of hydrogen-bond acceptors (Lipinski definition) is 4. The van der Waals surface area contributed by atoms with Gasteiger partial charge in [-0.3, -0.25) is 4.79 Å². The number of nitrogens with one attached hydrogen (secondary N) is 2. The van der Waals surface area contributed by atoms with E-state index < -0.39 is 0 Å². The van der Waals surface area contributed by atoms with Crippen molar-refractivity contribution in [1.29, 1.82) is 0 Å². The van der Waals surface area contributed by atoms with Crippen molar-refractivity contribution in [2.45, 2.75) is 37.4 Å². The molecule has 2 unspecified atom stereocenters. The second kappa shape index (κ2) is 5.18. The zero-order chi connectivity index (χ0) is 15.1. The molecule has 0 aliphatic carbocycles. The third-order valence-electron chi connectivity index (χ3n) is 4.64. The Balaban J connectivity index is 1.46. The van der Waals surface area contributed by atoms with E-state index in [2.05, 4.69) is 10.6 Å². The molecule has 0 saturated carbocycles. The molecule has 5 heteroatoms. The zero-order valence-corrected chi connectivity index (χ0v) is 12.2. The van der Waals surface area contributed by atoms with Crippen molar-refractivity contribution in [3.63, 3.8) is 0 Å². The maximum absolute atomic E-state index is 12.3.